The van der Waals surface area contributed by atoms with Gasteiger partial charge in [-0.25, -0.2) is 4.98 Å². The Morgan fingerprint density at radius 2 is 2.17 bits per heavy atom. The molecule has 0 spiro atoms. The quantitative estimate of drug-likeness (QED) is 0.928. The van der Waals surface area contributed by atoms with Gasteiger partial charge >= 0.3 is 0 Å². The van der Waals surface area contributed by atoms with Gasteiger partial charge in [0.05, 0.1) is 7.11 Å². The van der Waals surface area contributed by atoms with Crippen molar-refractivity contribution in [2.24, 2.45) is 0 Å². The topological polar surface area (TPSA) is 72.8 Å². The molecule has 0 saturated carbocycles. The first kappa shape index (κ1) is 12.8. The van der Waals surface area contributed by atoms with E-state index in [-0.39, 0.29) is 10.4 Å². The highest BCUT2D eigenvalue weighted by molar-refractivity contribution is 6.32. The maximum atomic E-state index is 5.83. The molecule has 2 aromatic rings. The zero-order valence-electron chi connectivity index (χ0n) is 9.39. The summed E-state index contributed by atoms with van der Waals surface area (Å²) >= 11 is 11.5. The number of nitrogens with one attached hydrogen (secondary N) is 1. The molecule has 6 nitrogen and oxygen atoms in total. The number of aromatic nitrogens is 4. The molecule has 0 radical (unpaired) electrons. The Kier molecular flexibility index (Phi) is 4.11. The van der Waals surface area contributed by atoms with Gasteiger partial charge in [-0.05, 0) is 23.2 Å². The fraction of sp³-hybridized carbons (Fsp3) is 0.200. The fourth-order valence-electron chi connectivity index (χ4n) is 1.26. The predicted molar refractivity (Wildman–Crippen MR) is 68.0 cm³/mol. The molecule has 18 heavy (non-hydrogen) atoms. The van der Waals surface area contributed by atoms with Crippen LogP contribution in [-0.2, 0) is 6.54 Å². The first-order chi connectivity index (χ1) is 8.69. The lowest BCUT2D eigenvalue weighted by Crippen LogP contribution is -2.04. The normalized spacial score (nSPS) is 10.2. The average molecular weight is 286 g/mol. The molecule has 2 rings (SSSR count). The second kappa shape index (κ2) is 5.79. The summed E-state index contributed by atoms with van der Waals surface area (Å²) in [6, 6.07) is 3.65. The number of rotatable bonds is 4. The smallest absolute Gasteiger partial charge is 0.245 e. The molecule has 0 fully saturated rings. The van der Waals surface area contributed by atoms with E-state index in [2.05, 4.69) is 25.5 Å². The van der Waals surface area contributed by atoms with Gasteiger partial charge in [0.2, 0.25) is 11.2 Å². The largest absolute Gasteiger partial charge is 0.481 e. The van der Waals surface area contributed by atoms with Crippen molar-refractivity contribution < 1.29 is 4.74 Å². The van der Waals surface area contributed by atoms with Crippen LogP contribution in [0.25, 0.3) is 0 Å². The molecule has 2 aromatic heterocycles. The Morgan fingerprint density at radius 1 is 1.33 bits per heavy atom. The summed E-state index contributed by atoms with van der Waals surface area (Å²) in [6.45, 7) is 0.494. The van der Waals surface area contributed by atoms with Crippen LogP contribution in [0.5, 0.6) is 5.88 Å². The number of methoxy groups -OCH3 is 1. The third kappa shape index (κ3) is 3.18. The zero-order valence-corrected chi connectivity index (χ0v) is 10.9. The molecule has 94 valence electrons. The van der Waals surface area contributed by atoms with Gasteiger partial charge in [0.15, 0.2) is 11.0 Å². The molecule has 0 saturated heterocycles. The van der Waals surface area contributed by atoms with Gasteiger partial charge in [-0.1, -0.05) is 11.6 Å². The van der Waals surface area contributed by atoms with E-state index in [0.717, 1.165) is 5.56 Å². The second-order valence-corrected chi connectivity index (χ2v) is 3.98. The van der Waals surface area contributed by atoms with Gasteiger partial charge in [-0.3, -0.25) is 0 Å². The van der Waals surface area contributed by atoms with Gasteiger partial charge in [0.1, 0.15) is 0 Å². The average Bonchev–Trinajstić information content (AvgIpc) is 2.40. The monoisotopic (exact) mass is 285 g/mol. The number of hydrogen-bond acceptors (Lipinski definition) is 6. The molecular weight excluding hydrogens is 277 g/mol. The lowest BCUT2D eigenvalue weighted by Gasteiger charge is -2.07. The molecule has 0 bridgehead atoms. The number of nitrogens with zero attached hydrogens (tertiary/aromatic N) is 4. The Balaban J connectivity index is 2.08. The molecule has 0 atom stereocenters. The molecule has 0 amide bonds. The third-order valence-corrected chi connectivity index (χ3v) is 2.50. The zero-order chi connectivity index (χ0) is 13.0. The van der Waals surface area contributed by atoms with Gasteiger partial charge in [-0.2, -0.15) is 4.98 Å². The first-order valence-electron chi connectivity index (χ1n) is 4.97. The highest BCUT2D eigenvalue weighted by atomic mass is 35.5. The van der Waals surface area contributed by atoms with Gasteiger partial charge in [0, 0.05) is 18.8 Å². The van der Waals surface area contributed by atoms with E-state index in [1.807, 2.05) is 6.07 Å². The number of anilines is 1. The number of pyridine rings is 1. The predicted octanol–water partition coefficient (Wildman–Crippen LogP) is 2.19. The molecule has 1 N–H and O–H groups in total. The number of ether oxygens (including phenoxy) is 1. The van der Waals surface area contributed by atoms with Crippen molar-refractivity contribution in [3.63, 3.8) is 0 Å². The summed E-state index contributed by atoms with van der Waals surface area (Å²) in [4.78, 5) is 7.94. The van der Waals surface area contributed by atoms with Crippen molar-refractivity contribution in [2.45, 2.75) is 6.54 Å². The summed E-state index contributed by atoms with van der Waals surface area (Å²) < 4.78 is 5.03. The van der Waals surface area contributed by atoms with E-state index in [0.29, 0.717) is 18.2 Å². The molecule has 2 heterocycles. The van der Waals surface area contributed by atoms with Gasteiger partial charge in [-0.15, -0.1) is 10.2 Å². The summed E-state index contributed by atoms with van der Waals surface area (Å²) in [5.74, 6) is 0.923. The van der Waals surface area contributed by atoms with E-state index < -0.39 is 0 Å². The van der Waals surface area contributed by atoms with Crippen LogP contribution < -0.4 is 10.1 Å². The molecule has 0 unspecified atom stereocenters. The molecule has 0 aromatic carbocycles. The molecule has 0 aliphatic heterocycles. The minimum atomic E-state index is 0.0363. The van der Waals surface area contributed by atoms with Crippen LogP contribution in [0.3, 0.4) is 0 Å². The summed E-state index contributed by atoms with van der Waals surface area (Å²) in [5.41, 5.74) is 0.965. The van der Waals surface area contributed by atoms with Crippen molar-refractivity contribution in [1.29, 1.82) is 0 Å². The Hall–Kier alpha value is -1.66. The Labute approximate surface area is 113 Å². The van der Waals surface area contributed by atoms with E-state index in [1.54, 1.807) is 19.4 Å². The van der Waals surface area contributed by atoms with Gasteiger partial charge in [0.25, 0.3) is 0 Å². The van der Waals surface area contributed by atoms with Crippen LogP contribution in [0.1, 0.15) is 5.56 Å². The SMILES string of the molecule is COc1cc(CNc2nc(Cl)nnc2Cl)ccn1. The lowest BCUT2D eigenvalue weighted by atomic mass is 10.2. The van der Waals surface area contributed by atoms with Crippen molar-refractivity contribution >= 4 is 29.0 Å². The maximum Gasteiger partial charge on any atom is 0.245 e. The van der Waals surface area contributed by atoms with Gasteiger partial charge < -0.3 is 10.1 Å². The van der Waals surface area contributed by atoms with Crippen molar-refractivity contribution in [1.82, 2.24) is 20.2 Å². The van der Waals surface area contributed by atoms with Crippen LogP contribution in [0.15, 0.2) is 18.3 Å². The van der Waals surface area contributed by atoms with Crippen molar-refractivity contribution in [2.75, 3.05) is 12.4 Å². The maximum absolute atomic E-state index is 5.83. The summed E-state index contributed by atoms with van der Waals surface area (Å²) in [6.07, 6.45) is 1.66. The first-order valence-corrected chi connectivity index (χ1v) is 5.73. The Bertz CT molecular complexity index is 552. The molecular formula is C10H9Cl2N5O. The van der Waals surface area contributed by atoms with Crippen LogP contribution in [0, 0.1) is 0 Å². The van der Waals surface area contributed by atoms with Crippen molar-refractivity contribution in [3.05, 3.63) is 34.3 Å². The summed E-state index contributed by atoms with van der Waals surface area (Å²) in [5, 5.41) is 10.4. The number of halogens is 2. The van der Waals surface area contributed by atoms with E-state index in [1.165, 1.54) is 0 Å². The lowest BCUT2D eigenvalue weighted by molar-refractivity contribution is 0.397. The molecule has 0 aliphatic rings. The van der Waals surface area contributed by atoms with E-state index >= 15 is 0 Å². The summed E-state index contributed by atoms with van der Waals surface area (Å²) in [7, 11) is 1.56. The number of hydrogen-bond donors (Lipinski definition) is 1. The van der Waals surface area contributed by atoms with Crippen LogP contribution in [0.2, 0.25) is 10.4 Å². The fourth-order valence-corrected chi connectivity index (χ4v) is 1.53. The van der Waals surface area contributed by atoms with E-state index in [9.17, 15) is 0 Å². The van der Waals surface area contributed by atoms with Crippen LogP contribution in [-0.4, -0.2) is 27.3 Å². The highest BCUT2D eigenvalue weighted by Crippen LogP contribution is 2.18. The third-order valence-electron chi connectivity index (χ3n) is 2.09. The standard InChI is InChI=1S/C10H9Cl2N5O/c1-18-7-4-6(2-3-13-7)5-14-9-8(11)16-17-10(12)15-9/h2-4H,5H2,1H3,(H,14,15,17). The minimum absolute atomic E-state index is 0.0363. The molecule has 0 aliphatic carbocycles. The van der Waals surface area contributed by atoms with Crippen molar-refractivity contribution in [3.8, 4) is 5.88 Å². The minimum Gasteiger partial charge on any atom is -0.481 e. The molecule has 8 heteroatoms. The highest BCUT2D eigenvalue weighted by Gasteiger charge is 2.06. The van der Waals surface area contributed by atoms with Crippen LogP contribution in [0.4, 0.5) is 5.82 Å². The second-order valence-electron chi connectivity index (χ2n) is 3.28. The Morgan fingerprint density at radius 3 is 2.94 bits per heavy atom. The van der Waals surface area contributed by atoms with E-state index in [4.69, 9.17) is 27.9 Å². The van der Waals surface area contributed by atoms with Crippen LogP contribution >= 0.6 is 23.2 Å².